The number of hydrogen-bond donors (Lipinski definition) is 6. The average Bonchev–Trinajstić information content (AvgIpc) is 3.16. The molecule has 65 heavy (non-hydrogen) atoms. The second-order valence-electron chi connectivity index (χ2n) is 14.3. The monoisotopic (exact) mass is 995 g/mol. The van der Waals surface area contributed by atoms with Crippen LogP contribution in [-0.2, 0) is 49.9 Å². The lowest BCUT2D eigenvalue weighted by Crippen LogP contribution is -2.26. The van der Waals surface area contributed by atoms with E-state index in [1.807, 2.05) is 0 Å². The van der Waals surface area contributed by atoms with E-state index in [9.17, 15) is 72.2 Å². The zero-order valence-corrected chi connectivity index (χ0v) is 38.9. The van der Waals surface area contributed by atoms with E-state index < -0.39 is 101 Å². The van der Waals surface area contributed by atoms with E-state index in [1.165, 1.54) is 65.8 Å². The maximum atomic E-state index is 13.1. The van der Waals surface area contributed by atoms with Crippen LogP contribution in [0.4, 0.5) is 11.4 Å². The first-order chi connectivity index (χ1) is 29.9. The molecule has 0 fully saturated rings. The molecule has 0 aliphatic rings. The molecule has 0 saturated heterocycles. The van der Waals surface area contributed by atoms with Crippen LogP contribution < -0.4 is 4.90 Å². The number of hydrogen-bond acceptors (Lipinski definition) is 15. The summed E-state index contributed by atoms with van der Waals surface area (Å²) in [6, 6.07) is 4.54. The summed E-state index contributed by atoms with van der Waals surface area (Å²) in [7, 11) is -17.5. The zero-order valence-electron chi connectivity index (χ0n) is 35.6. The number of carboxylic acids is 2. The molecule has 6 N–H and O–H groups in total. The fourth-order valence-corrected chi connectivity index (χ4v) is 7.97. The van der Waals surface area contributed by atoms with E-state index in [4.69, 9.17) is 18.6 Å². The Hall–Kier alpha value is -5.35. The first-order valence-electron chi connectivity index (χ1n) is 19.2. The Balaban J connectivity index is 2.65. The van der Waals surface area contributed by atoms with Gasteiger partial charge < -0.3 is 24.6 Å². The molecular weight excluding hydrogens is 945 g/mol. The van der Waals surface area contributed by atoms with E-state index in [1.54, 1.807) is 13.8 Å². The van der Waals surface area contributed by atoms with Gasteiger partial charge in [-0.3, -0.25) is 18.2 Å². The van der Waals surface area contributed by atoms with Gasteiger partial charge in [-0.2, -0.15) is 38.2 Å². The Bertz CT molecular complexity index is 2700. The van der Waals surface area contributed by atoms with Crippen LogP contribution >= 0.6 is 0 Å². The Kier molecular flexibility index (Phi) is 20.8. The predicted molar refractivity (Wildman–Crippen MR) is 236 cm³/mol. The summed E-state index contributed by atoms with van der Waals surface area (Å²) in [5, 5.41) is 19.8. The molecule has 0 amide bonds. The van der Waals surface area contributed by atoms with Crippen molar-refractivity contribution in [3.05, 3.63) is 93.7 Å². The number of esters is 2. The molecule has 0 saturated carbocycles. The van der Waals surface area contributed by atoms with E-state index >= 15 is 0 Å². The van der Waals surface area contributed by atoms with Crippen molar-refractivity contribution in [3.63, 3.8) is 0 Å². The largest absolute Gasteiger partial charge is 0.478 e. The molecule has 2 aromatic rings. The molecular formula is C39H51N2O20S4+. The van der Waals surface area contributed by atoms with E-state index in [2.05, 4.69) is 0 Å². The standard InChI is InChI=1S/C39H50N2O20S4/c1-26(40(14-8-18-62(48,49)50)34-24-30(36(42)43)22-32(28(34)3)38(46)60-16-10-20-64(54,55)56)12-6-5-7-13-27(2)41(15-9-19-63(51,52)53)35-25-31(37(44)45)23-33(29(35)4)39(47)61-17-11-21-65(57,58)59/h5-7,12-13,22-25H,8-11,14-21H2,1-4H3,(H5-,42,43,44,45,48,49,50,51,52,53,54,55,56,57,58,59)/p+1. The Morgan fingerprint density at radius 3 is 1.54 bits per heavy atom. The lowest BCUT2D eigenvalue weighted by Gasteiger charge is -2.28. The molecule has 0 aromatic heterocycles. The van der Waals surface area contributed by atoms with Gasteiger partial charge in [0.05, 0.1) is 58.5 Å². The first-order valence-corrected chi connectivity index (χ1v) is 25.7. The lowest BCUT2D eigenvalue weighted by molar-refractivity contribution is -0.440. The summed E-state index contributed by atoms with van der Waals surface area (Å²) in [5.41, 5.74) is 0.225. The summed E-state index contributed by atoms with van der Waals surface area (Å²) in [6.45, 7) is 4.95. The van der Waals surface area contributed by atoms with Crippen molar-refractivity contribution in [1.29, 1.82) is 0 Å². The van der Waals surface area contributed by atoms with Crippen LogP contribution in [0.3, 0.4) is 0 Å². The fraction of sp³-hybridized carbons (Fsp3) is 0.410. The second-order valence-corrected chi connectivity index (χ2v) is 20.6. The van der Waals surface area contributed by atoms with Crippen molar-refractivity contribution in [3.8, 4) is 0 Å². The number of ether oxygens (including phenoxy) is 2. The molecule has 0 atom stereocenters. The van der Waals surface area contributed by atoms with Crippen LogP contribution in [0.5, 0.6) is 0 Å². The maximum Gasteiger partial charge on any atom is 0.338 e. The highest BCUT2D eigenvalue weighted by atomic mass is 32.2. The number of benzene rings is 2. The average molecular weight is 996 g/mol. The van der Waals surface area contributed by atoms with Crippen LogP contribution in [0.2, 0.25) is 0 Å². The van der Waals surface area contributed by atoms with Gasteiger partial charge >= 0.3 is 23.9 Å². The minimum absolute atomic E-state index is 0.126. The molecule has 2 rings (SSSR count). The summed E-state index contributed by atoms with van der Waals surface area (Å²) < 4.78 is 139. The van der Waals surface area contributed by atoms with Crippen molar-refractivity contribution in [2.45, 2.75) is 53.4 Å². The molecule has 0 aliphatic heterocycles. The van der Waals surface area contributed by atoms with Crippen LogP contribution in [0.25, 0.3) is 0 Å². The van der Waals surface area contributed by atoms with E-state index in [0.29, 0.717) is 11.4 Å². The summed E-state index contributed by atoms with van der Waals surface area (Å²) in [5.74, 6) is -7.67. The number of carboxylic acid groups (broad SMARTS) is 2. The molecule has 0 unspecified atom stereocenters. The third kappa shape index (κ3) is 20.1. The van der Waals surface area contributed by atoms with Gasteiger partial charge in [0.25, 0.3) is 40.5 Å². The van der Waals surface area contributed by atoms with Gasteiger partial charge in [0.15, 0.2) is 5.71 Å². The van der Waals surface area contributed by atoms with Crippen molar-refractivity contribution in [2.75, 3.05) is 54.2 Å². The molecule has 26 heteroatoms. The number of nitrogens with zero attached hydrogens (tertiary/aromatic N) is 2. The highest BCUT2D eigenvalue weighted by Gasteiger charge is 2.26. The number of carbonyl (C=O) groups excluding carboxylic acids is 2. The van der Waals surface area contributed by atoms with Gasteiger partial charge in [0.1, 0.15) is 6.54 Å². The highest BCUT2D eigenvalue weighted by molar-refractivity contribution is 7.86. The number of carbonyl (C=O) groups is 4. The SMILES string of the molecule is CC(/C=C/C=C/C=C(\C)N(CCCS(=O)(=O)O)c1cc(C(=O)O)cc(C(=O)OCCCS(=O)(=O)O)c1C)=[N+](CCCS(=O)(=O)O)c1cc(C(=O)O)cc(C(=O)OCCCS(=O)(=O)O)c1C. The van der Waals surface area contributed by atoms with Gasteiger partial charge in [-0.1, -0.05) is 18.2 Å². The summed E-state index contributed by atoms with van der Waals surface area (Å²) in [4.78, 5) is 51.9. The number of rotatable bonds is 26. The summed E-state index contributed by atoms with van der Waals surface area (Å²) >= 11 is 0. The fourth-order valence-electron chi connectivity index (χ4n) is 6.01. The number of allylic oxidation sites excluding steroid dienone is 6. The Morgan fingerprint density at radius 2 is 1.06 bits per heavy atom. The Labute approximate surface area is 376 Å². The van der Waals surface area contributed by atoms with Crippen LogP contribution in [0.15, 0.2) is 60.3 Å². The van der Waals surface area contributed by atoms with Crippen molar-refractivity contribution in [1.82, 2.24) is 0 Å². The van der Waals surface area contributed by atoms with Crippen molar-refractivity contribution in [2.24, 2.45) is 0 Å². The molecule has 0 spiro atoms. The lowest BCUT2D eigenvalue weighted by atomic mass is 10.0. The third-order valence-corrected chi connectivity index (χ3v) is 12.4. The number of anilines is 1. The van der Waals surface area contributed by atoms with Crippen molar-refractivity contribution < 1.29 is 95.3 Å². The third-order valence-electron chi connectivity index (χ3n) is 9.15. The minimum Gasteiger partial charge on any atom is -0.478 e. The highest BCUT2D eigenvalue weighted by Crippen LogP contribution is 2.30. The smallest absolute Gasteiger partial charge is 0.338 e. The molecule has 22 nitrogen and oxygen atoms in total. The van der Waals surface area contributed by atoms with E-state index in [0.717, 1.165) is 12.1 Å². The van der Waals surface area contributed by atoms with E-state index in [-0.39, 0.29) is 83.5 Å². The van der Waals surface area contributed by atoms with Gasteiger partial charge in [0, 0.05) is 49.0 Å². The second kappa shape index (κ2) is 24.3. The van der Waals surface area contributed by atoms with Crippen LogP contribution in [-0.4, -0.2) is 146 Å². The maximum absolute atomic E-state index is 13.1. The topological polar surface area (TPSA) is 351 Å². The molecule has 0 bridgehead atoms. The molecule has 0 radical (unpaired) electrons. The summed E-state index contributed by atoms with van der Waals surface area (Å²) in [6.07, 6.45) is 6.76. The Morgan fingerprint density at radius 1 is 0.615 bits per heavy atom. The van der Waals surface area contributed by atoms with Crippen molar-refractivity contribution >= 4 is 81.4 Å². The van der Waals surface area contributed by atoms with Crippen LogP contribution in [0.1, 0.15) is 92.1 Å². The van der Waals surface area contributed by atoms with Gasteiger partial charge in [-0.05, 0) is 69.9 Å². The van der Waals surface area contributed by atoms with Gasteiger partial charge in [-0.25, -0.2) is 19.2 Å². The zero-order chi connectivity index (χ0) is 49.5. The molecule has 2 aromatic carbocycles. The normalized spacial score (nSPS) is 13.2. The van der Waals surface area contributed by atoms with Gasteiger partial charge in [-0.15, -0.1) is 0 Å². The van der Waals surface area contributed by atoms with Crippen LogP contribution in [0, 0.1) is 13.8 Å². The molecule has 0 aliphatic carbocycles. The molecule has 0 heterocycles. The quantitative estimate of drug-likeness (QED) is 0.0195. The van der Waals surface area contributed by atoms with Gasteiger partial charge in [0.2, 0.25) is 5.69 Å². The first kappa shape index (κ1) is 55.8. The molecule has 360 valence electrons. The number of aromatic carboxylic acids is 2. The predicted octanol–water partition coefficient (Wildman–Crippen LogP) is 3.75. The minimum atomic E-state index is -4.43.